The minimum Gasteiger partial charge on any atom is -0.397 e. The molecule has 0 aliphatic heterocycles. The lowest BCUT2D eigenvalue weighted by Crippen LogP contribution is -2.24. The van der Waals surface area contributed by atoms with E-state index in [1.807, 2.05) is 0 Å². The van der Waals surface area contributed by atoms with Crippen LogP contribution in [-0.4, -0.2) is 16.4 Å². The summed E-state index contributed by atoms with van der Waals surface area (Å²) in [6.45, 7) is 0.483. The number of hydrogen-bond acceptors (Lipinski definition) is 4. The molecule has 0 aliphatic carbocycles. The number of unbranched alkanes of at least 4 members (excludes halogenated alkanes) is 2. The number of nitrogens with one attached hydrogen (secondary N) is 2. The smallest absolute Gasteiger partial charge is 0.261 e. The lowest BCUT2D eigenvalue weighted by atomic mass is 10.1. The number of hydrogen-bond donors (Lipinski definition) is 3. The zero-order chi connectivity index (χ0) is 26.4. The lowest BCUT2D eigenvalue weighted by molar-refractivity contribution is -0.116. The summed E-state index contributed by atoms with van der Waals surface area (Å²) in [6.07, 6.45) is 3.90. The Hall–Kier alpha value is -4.17. The Morgan fingerprint density at radius 3 is 2.46 bits per heavy atom. The van der Waals surface area contributed by atoms with Crippen LogP contribution in [0.4, 0.5) is 21.5 Å². The molecule has 4 N–H and O–H groups in total. The van der Waals surface area contributed by atoms with E-state index < -0.39 is 17.2 Å². The fraction of sp³-hybridized carbons (Fsp3) is 0.179. The minimum absolute atomic E-state index is 0.0899. The highest BCUT2D eigenvalue weighted by Gasteiger charge is 2.16. The first-order valence-corrected chi connectivity index (χ1v) is 12.2. The Kier molecular flexibility index (Phi) is 8.20. The molecule has 7 nitrogen and oxygen atoms in total. The third-order valence-corrected chi connectivity index (χ3v) is 6.18. The largest absolute Gasteiger partial charge is 0.397 e. The molecule has 3 aromatic carbocycles. The van der Waals surface area contributed by atoms with Crippen molar-refractivity contribution in [3.05, 3.63) is 99.6 Å². The molecular weight excluding hydrogens is 495 g/mol. The molecule has 0 saturated carbocycles. The van der Waals surface area contributed by atoms with Crippen LogP contribution in [0.5, 0.6) is 0 Å². The SMILES string of the molecule is Nc1ccccc1NC(=O)CCCCCn1cc(C(=O)Nc2ccc(Cl)cc2)c(=O)c2cc(F)ccc21. The maximum atomic E-state index is 14.0. The van der Waals surface area contributed by atoms with Crippen LogP contribution >= 0.6 is 11.6 Å². The number of para-hydroxylation sites is 2. The molecule has 0 bridgehead atoms. The number of anilines is 3. The standard InChI is InChI=1S/C28H26ClFN4O3/c29-18-9-12-20(13-10-18)32-28(37)22-17-34(25-14-11-19(30)16-21(25)27(22)36)15-5-1-2-8-26(35)33-24-7-4-3-6-23(24)31/h3-4,6-7,9-14,16-17H,1-2,5,8,15,31H2,(H,32,37)(H,33,35). The molecular formula is C28H26ClFN4O3. The summed E-state index contributed by atoms with van der Waals surface area (Å²) in [5.74, 6) is -1.27. The van der Waals surface area contributed by atoms with Crippen LogP contribution in [0.2, 0.25) is 5.02 Å². The number of benzene rings is 3. The van der Waals surface area contributed by atoms with Gasteiger partial charge in [0.15, 0.2) is 0 Å². The van der Waals surface area contributed by atoms with Crippen molar-refractivity contribution in [1.29, 1.82) is 0 Å². The molecule has 1 aromatic heterocycles. The van der Waals surface area contributed by atoms with Gasteiger partial charge >= 0.3 is 0 Å². The molecule has 0 spiro atoms. The Labute approximate surface area is 218 Å². The van der Waals surface area contributed by atoms with Crippen molar-refractivity contribution >= 4 is 51.4 Å². The maximum Gasteiger partial charge on any atom is 0.261 e. The summed E-state index contributed by atoms with van der Waals surface area (Å²) in [6, 6.07) is 17.5. The van der Waals surface area contributed by atoms with Gasteiger partial charge in [0.05, 0.1) is 16.9 Å². The van der Waals surface area contributed by atoms with Gasteiger partial charge in [0.1, 0.15) is 11.4 Å². The van der Waals surface area contributed by atoms with Gasteiger partial charge in [-0.1, -0.05) is 30.2 Å². The van der Waals surface area contributed by atoms with Crippen LogP contribution in [0.3, 0.4) is 0 Å². The van der Waals surface area contributed by atoms with Crippen LogP contribution in [-0.2, 0) is 11.3 Å². The molecule has 0 aliphatic rings. The molecule has 0 unspecified atom stereocenters. The van der Waals surface area contributed by atoms with Crippen molar-refractivity contribution in [3.63, 3.8) is 0 Å². The van der Waals surface area contributed by atoms with Gasteiger partial charge in [0, 0.05) is 35.3 Å². The summed E-state index contributed by atoms with van der Waals surface area (Å²) in [4.78, 5) is 38.2. The van der Waals surface area contributed by atoms with E-state index >= 15 is 0 Å². The van der Waals surface area contributed by atoms with Gasteiger partial charge in [-0.05, 0) is 67.4 Å². The normalized spacial score (nSPS) is 10.9. The number of carbonyl (C=O) groups is 2. The van der Waals surface area contributed by atoms with E-state index in [0.29, 0.717) is 53.4 Å². The number of pyridine rings is 1. The predicted octanol–water partition coefficient (Wildman–Crippen LogP) is 5.83. The lowest BCUT2D eigenvalue weighted by Gasteiger charge is -2.14. The first kappa shape index (κ1) is 25.9. The number of nitrogens with zero attached hydrogens (tertiary/aromatic N) is 1. The number of aryl methyl sites for hydroxylation is 1. The molecule has 4 rings (SSSR count). The molecule has 37 heavy (non-hydrogen) atoms. The number of rotatable bonds is 9. The second-order valence-corrected chi connectivity index (χ2v) is 9.07. The fourth-order valence-corrected chi connectivity index (χ4v) is 4.14. The van der Waals surface area contributed by atoms with E-state index in [2.05, 4.69) is 10.6 Å². The highest BCUT2D eigenvalue weighted by molar-refractivity contribution is 6.30. The summed E-state index contributed by atoms with van der Waals surface area (Å²) >= 11 is 5.89. The maximum absolute atomic E-state index is 14.0. The van der Waals surface area contributed by atoms with Gasteiger partial charge in [0.2, 0.25) is 11.3 Å². The Bertz CT molecular complexity index is 1500. The van der Waals surface area contributed by atoms with E-state index in [0.717, 1.165) is 12.5 Å². The van der Waals surface area contributed by atoms with Crippen molar-refractivity contribution in [2.45, 2.75) is 32.2 Å². The average Bonchev–Trinajstić information content (AvgIpc) is 2.88. The van der Waals surface area contributed by atoms with E-state index in [4.69, 9.17) is 17.3 Å². The molecule has 0 saturated heterocycles. The van der Waals surface area contributed by atoms with Gasteiger partial charge in [-0.25, -0.2) is 4.39 Å². The minimum atomic E-state index is -0.593. The zero-order valence-electron chi connectivity index (χ0n) is 20.0. The zero-order valence-corrected chi connectivity index (χ0v) is 20.7. The second kappa shape index (κ2) is 11.7. The molecule has 0 fully saturated rings. The molecule has 0 radical (unpaired) electrons. The summed E-state index contributed by atoms with van der Waals surface area (Å²) in [5, 5.41) is 6.14. The Morgan fingerprint density at radius 1 is 0.946 bits per heavy atom. The van der Waals surface area contributed by atoms with Gasteiger partial charge in [0.25, 0.3) is 5.91 Å². The van der Waals surface area contributed by atoms with E-state index in [9.17, 15) is 18.8 Å². The first-order chi connectivity index (χ1) is 17.8. The number of aromatic nitrogens is 1. The van der Waals surface area contributed by atoms with Crippen LogP contribution < -0.4 is 21.8 Å². The first-order valence-electron chi connectivity index (χ1n) is 11.9. The monoisotopic (exact) mass is 520 g/mol. The van der Waals surface area contributed by atoms with Crippen molar-refractivity contribution in [1.82, 2.24) is 4.57 Å². The quantitative estimate of drug-likeness (QED) is 0.191. The Balaban J connectivity index is 1.43. The fourth-order valence-electron chi connectivity index (χ4n) is 4.02. The number of fused-ring (bicyclic) bond motifs is 1. The summed E-state index contributed by atoms with van der Waals surface area (Å²) < 4.78 is 15.7. The highest BCUT2D eigenvalue weighted by Crippen LogP contribution is 2.19. The van der Waals surface area contributed by atoms with Crippen molar-refractivity contribution in [2.75, 3.05) is 16.4 Å². The van der Waals surface area contributed by atoms with E-state index in [-0.39, 0.29) is 16.9 Å². The van der Waals surface area contributed by atoms with Crippen LogP contribution in [0.15, 0.2) is 77.7 Å². The number of carbonyl (C=O) groups excluding carboxylic acids is 2. The molecule has 2 amide bonds. The van der Waals surface area contributed by atoms with Gasteiger partial charge < -0.3 is 20.9 Å². The number of nitrogen functional groups attached to an aromatic ring is 1. The van der Waals surface area contributed by atoms with Crippen LogP contribution in [0.1, 0.15) is 36.0 Å². The van der Waals surface area contributed by atoms with Crippen LogP contribution in [0.25, 0.3) is 10.9 Å². The van der Waals surface area contributed by atoms with Crippen molar-refractivity contribution < 1.29 is 14.0 Å². The molecule has 4 aromatic rings. The third-order valence-electron chi connectivity index (χ3n) is 5.93. The summed E-state index contributed by atoms with van der Waals surface area (Å²) in [7, 11) is 0. The van der Waals surface area contributed by atoms with E-state index in [1.165, 1.54) is 18.3 Å². The summed E-state index contributed by atoms with van der Waals surface area (Å²) in [5.41, 5.74) is 7.33. The molecule has 0 atom stereocenters. The number of nitrogens with two attached hydrogens (primary N) is 1. The van der Waals surface area contributed by atoms with Crippen LogP contribution in [0, 0.1) is 5.82 Å². The van der Waals surface area contributed by atoms with Crippen molar-refractivity contribution in [2.24, 2.45) is 0 Å². The molecule has 1 heterocycles. The van der Waals surface area contributed by atoms with Gasteiger partial charge in [-0.2, -0.15) is 0 Å². The highest BCUT2D eigenvalue weighted by atomic mass is 35.5. The molecule has 190 valence electrons. The predicted molar refractivity (Wildman–Crippen MR) is 146 cm³/mol. The van der Waals surface area contributed by atoms with Crippen molar-refractivity contribution in [3.8, 4) is 0 Å². The third kappa shape index (κ3) is 6.54. The van der Waals surface area contributed by atoms with Gasteiger partial charge in [-0.3, -0.25) is 14.4 Å². The number of halogens is 2. The topological polar surface area (TPSA) is 106 Å². The average molecular weight is 521 g/mol. The number of amides is 2. The van der Waals surface area contributed by atoms with Gasteiger partial charge in [-0.15, -0.1) is 0 Å². The second-order valence-electron chi connectivity index (χ2n) is 8.63. The Morgan fingerprint density at radius 2 is 1.70 bits per heavy atom. The molecule has 9 heteroatoms. The van der Waals surface area contributed by atoms with E-state index in [1.54, 1.807) is 53.1 Å².